The molecular weight excluding hydrogens is 229 g/mol. The van der Waals surface area contributed by atoms with Gasteiger partial charge in [-0.05, 0) is 25.1 Å². The molecule has 0 spiro atoms. The maximum Gasteiger partial charge on any atom is 0.0640 e. The van der Waals surface area contributed by atoms with Crippen molar-refractivity contribution in [2.24, 2.45) is 0 Å². The van der Waals surface area contributed by atoms with Gasteiger partial charge in [0.15, 0.2) is 0 Å². The Kier molecular flexibility index (Phi) is 5.44. The van der Waals surface area contributed by atoms with Gasteiger partial charge in [-0.2, -0.15) is 0 Å². The van der Waals surface area contributed by atoms with Crippen molar-refractivity contribution in [2.75, 3.05) is 7.05 Å². The first-order valence-electron chi connectivity index (χ1n) is 5.31. The molecule has 1 rings (SSSR count). The van der Waals surface area contributed by atoms with E-state index in [9.17, 15) is 0 Å². The molecule has 15 heavy (non-hydrogen) atoms. The summed E-state index contributed by atoms with van der Waals surface area (Å²) >= 11 is 12.2. The molecule has 0 saturated carbocycles. The Labute approximate surface area is 102 Å². The van der Waals surface area contributed by atoms with Gasteiger partial charge in [-0.15, -0.1) is 0 Å². The summed E-state index contributed by atoms with van der Waals surface area (Å²) in [6.07, 6.45) is 3.47. The molecule has 0 bridgehead atoms. The zero-order valence-corrected chi connectivity index (χ0v) is 10.7. The van der Waals surface area contributed by atoms with Crippen LogP contribution in [0.5, 0.6) is 0 Å². The minimum Gasteiger partial charge on any atom is -0.313 e. The van der Waals surface area contributed by atoms with Crippen LogP contribution in [0.15, 0.2) is 18.2 Å². The number of hydrogen-bond donors (Lipinski definition) is 1. The second-order valence-electron chi connectivity index (χ2n) is 3.63. The third-order valence-corrected chi connectivity index (χ3v) is 3.39. The highest BCUT2D eigenvalue weighted by atomic mass is 35.5. The van der Waals surface area contributed by atoms with Gasteiger partial charge in [0.05, 0.1) is 10.0 Å². The predicted octanol–water partition coefficient (Wildman–Crippen LogP) is 4.44. The van der Waals surface area contributed by atoms with Crippen LogP contribution in [0.25, 0.3) is 0 Å². The number of unbranched alkanes of at least 4 members (excludes halogenated alkanes) is 1. The average molecular weight is 246 g/mol. The lowest BCUT2D eigenvalue weighted by Crippen LogP contribution is -2.16. The molecule has 0 aliphatic rings. The fourth-order valence-corrected chi connectivity index (χ4v) is 2.09. The zero-order chi connectivity index (χ0) is 11.3. The van der Waals surface area contributed by atoms with E-state index >= 15 is 0 Å². The molecule has 0 amide bonds. The predicted molar refractivity (Wildman–Crippen MR) is 67.8 cm³/mol. The molecule has 1 N–H and O–H groups in total. The van der Waals surface area contributed by atoms with Gasteiger partial charge in [0.1, 0.15) is 0 Å². The van der Waals surface area contributed by atoms with Crippen LogP contribution in [0, 0.1) is 0 Å². The van der Waals surface area contributed by atoms with E-state index in [0.29, 0.717) is 16.1 Å². The molecule has 0 heterocycles. The second kappa shape index (κ2) is 6.37. The Morgan fingerprint density at radius 1 is 1.33 bits per heavy atom. The monoisotopic (exact) mass is 245 g/mol. The lowest BCUT2D eigenvalue weighted by Gasteiger charge is -2.18. The summed E-state index contributed by atoms with van der Waals surface area (Å²) in [5, 5.41) is 4.58. The number of halogens is 2. The maximum atomic E-state index is 6.17. The standard InChI is InChI=1S/C12H17Cl2N/c1-3-4-8-11(15-2)9-6-5-7-10(13)12(9)14/h5-7,11,15H,3-4,8H2,1-2H3. The molecule has 0 aromatic heterocycles. The number of rotatable bonds is 5. The van der Waals surface area contributed by atoms with Gasteiger partial charge in [0, 0.05) is 6.04 Å². The van der Waals surface area contributed by atoms with Crippen LogP contribution >= 0.6 is 23.2 Å². The normalized spacial score (nSPS) is 12.8. The Morgan fingerprint density at radius 2 is 2.07 bits per heavy atom. The molecule has 1 unspecified atom stereocenters. The van der Waals surface area contributed by atoms with Gasteiger partial charge in [-0.25, -0.2) is 0 Å². The number of benzene rings is 1. The fourth-order valence-electron chi connectivity index (χ4n) is 1.65. The first-order chi connectivity index (χ1) is 7.20. The maximum absolute atomic E-state index is 6.17. The Bertz CT molecular complexity index is 312. The third-order valence-electron chi connectivity index (χ3n) is 2.55. The molecular formula is C12H17Cl2N. The molecule has 1 nitrogen and oxygen atoms in total. The minimum absolute atomic E-state index is 0.302. The van der Waals surface area contributed by atoms with Crippen LogP contribution in [0.4, 0.5) is 0 Å². The summed E-state index contributed by atoms with van der Waals surface area (Å²) in [4.78, 5) is 0. The van der Waals surface area contributed by atoms with Gasteiger partial charge >= 0.3 is 0 Å². The average Bonchev–Trinajstić information content (AvgIpc) is 2.25. The summed E-state index contributed by atoms with van der Waals surface area (Å²) < 4.78 is 0. The number of hydrogen-bond acceptors (Lipinski definition) is 1. The Morgan fingerprint density at radius 3 is 2.67 bits per heavy atom. The minimum atomic E-state index is 0.302. The van der Waals surface area contributed by atoms with Crippen molar-refractivity contribution >= 4 is 23.2 Å². The topological polar surface area (TPSA) is 12.0 Å². The quantitative estimate of drug-likeness (QED) is 0.809. The molecule has 3 heteroatoms. The van der Waals surface area contributed by atoms with Gasteiger partial charge in [-0.3, -0.25) is 0 Å². The Balaban J connectivity index is 2.86. The van der Waals surface area contributed by atoms with E-state index in [1.165, 1.54) is 12.8 Å². The zero-order valence-electron chi connectivity index (χ0n) is 9.19. The van der Waals surface area contributed by atoms with E-state index in [0.717, 1.165) is 12.0 Å². The summed E-state index contributed by atoms with van der Waals surface area (Å²) in [5.74, 6) is 0. The first-order valence-corrected chi connectivity index (χ1v) is 6.07. The molecule has 1 aromatic rings. The van der Waals surface area contributed by atoms with Crippen LogP contribution in [-0.2, 0) is 0 Å². The van der Waals surface area contributed by atoms with Crippen molar-refractivity contribution in [3.63, 3.8) is 0 Å². The van der Waals surface area contributed by atoms with E-state index in [-0.39, 0.29) is 0 Å². The molecule has 0 radical (unpaired) electrons. The van der Waals surface area contributed by atoms with Gasteiger partial charge in [-0.1, -0.05) is 55.1 Å². The first kappa shape index (κ1) is 12.8. The van der Waals surface area contributed by atoms with E-state index < -0.39 is 0 Å². The molecule has 1 atom stereocenters. The van der Waals surface area contributed by atoms with Crippen molar-refractivity contribution in [1.82, 2.24) is 5.32 Å². The van der Waals surface area contributed by atoms with E-state index in [1.807, 2.05) is 25.2 Å². The van der Waals surface area contributed by atoms with E-state index in [1.54, 1.807) is 0 Å². The SMILES string of the molecule is CCCCC(NC)c1cccc(Cl)c1Cl. The largest absolute Gasteiger partial charge is 0.313 e. The highest BCUT2D eigenvalue weighted by molar-refractivity contribution is 6.42. The summed E-state index contributed by atoms with van der Waals surface area (Å²) in [6, 6.07) is 6.10. The summed E-state index contributed by atoms with van der Waals surface area (Å²) in [6.45, 7) is 2.19. The highest BCUT2D eigenvalue weighted by Crippen LogP contribution is 2.31. The number of nitrogens with one attached hydrogen (secondary N) is 1. The fraction of sp³-hybridized carbons (Fsp3) is 0.500. The van der Waals surface area contributed by atoms with Crippen LogP contribution in [0.3, 0.4) is 0 Å². The molecule has 0 aliphatic carbocycles. The lowest BCUT2D eigenvalue weighted by atomic mass is 10.0. The lowest BCUT2D eigenvalue weighted by molar-refractivity contribution is 0.523. The van der Waals surface area contributed by atoms with Crippen molar-refractivity contribution in [3.8, 4) is 0 Å². The van der Waals surface area contributed by atoms with Crippen molar-refractivity contribution < 1.29 is 0 Å². The van der Waals surface area contributed by atoms with Gasteiger partial charge in [0.2, 0.25) is 0 Å². The van der Waals surface area contributed by atoms with Crippen LogP contribution in [0.2, 0.25) is 10.0 Å². The summed E-state index contributed by atoms with van der Waals surface area (Å²) in [5.41, 5.74) is 1.10. The summed E-state index contributed by atoms with van der Waals surface area (Å²) in [7, 11) is 1.96. The second-order valence-corrected chi connectivity index (χ2v) is 4.41. The molecule has 0 saturated heterocycles. The van der Waals surface area contributed by atoms with Crippen LogP contribution in [0.1, 0.15) is 37.8 Å². The highest BCUT2D eigenvalue weighted by Gasteiger charge is 2.13. The molecule has 84 valence electrons. The smallest absolute Gasteiger partial charge is 0.0640 e. The van der Waals surface area contributed by atoms with Gasteiger partial charge < -0.3 is 5.32 Å². The van der Waals surface area contributed by atoms with E-state index in [4.69, 9.17) is 23.2 Å². The van der Waals surface area contributed by atoms with E-state index in [2.05, 4.69) is 12.2 Å². The van der Waals surface area contributed by atoms with Crippen LogP contribution in [-0.4, -0.2) is 7.05 Å². The molecule has 1 aromatic carbocycles. The third kappa shape index (κ3) is 3.37. The Hall–Kier alpha value is -0.240. The van der Waals surface area contributed by atoms with Gasteiger partial charge in [0.25, 0.3) is 0 Å². The van der Waals surface area contributed by atoms with Crippen molar-refractivity contribution in [2.45, 2.75) is 32.2 Å². The van der Waals surface area contributed by atoms with Crippen molar-refractivity contribution in [1.29, 1.82) is 0 Å². The van der Waals surface area contributed by atoms with Crippen LogP contribution < -0.4 is 5.32 Å². The molecule has 0 aliphatic heterocycles. The molecule has 0 fully saturated rings. The van der Waals surface area contributed by atoms with Crippen molar-refractivity contribution in [3.05, 3.63) is 33.8 Å².